The first-order valence-corrected chi connectivity index (χ1v) is 11.0. The van der Waals surface area contributed by atoms with Crippen LogP contribution in [0.3, 0.4) is 0 Å². The van der Waals surface area contributed by atoms with Crippen molar-refractivity contribution in [1.82, 2.24) is 30.3 Å². The van der Waals surface area contributed by atoms with Crippen molar-refractivity contribution in [1.29, 1.82) is 0 Å². The molecule has 0 unspecified atom stereocenters. The van der Waals surface area contributed by atoms with Gasteiger partial charge in [0.15, 0.2) is 5.82 Å². The van der Waals surface area contributed by atoms with Crippen molar-refractivity contribution in [3.8, 4) is 11.4 Å². The highest BCUT2D eigenvalue weighted by molar-refractivity contribution is 5.74. The molecule has 0 spiro atoms. The number of benzene rings is 1. The second-order valence-corrected chi connectivity index (χ2v) is 8.40. The van der Waals surface area contributed by atoms with E-state index in [1.165, 1.54) is 31.4 Å². The molecule has 2 N–H and O–H groups in total. The Balaban J connectivity index is 1.22. The number of nitrogens with one attached hydrogen (secondary N) is 2. The highest BCUT2D eigenvalue weighted by Gasteiger charge is 2.23. The van der Waals surface area contributed by atoms with Crippen LogP contribution in [0.1, 0.15) is 44.9 Å². The van der Waals surface area contributed by atoms with Gasteiger partial charge < -0.3 is 10.6 Å². The number of nitro groups is 1. The second kappa shape index (κ2) is 9.86. The number of carbonyl (C=O) groups excluding carboxylic acids is 1. The topological polar surface area (TPSA) is 118 Å². The van der Waals surface area contributed by atoms with E-state index in [9.17, 15) is 14.9 Å². The van der Waals surface area contributed by atoms with Crippen LogP contribution in [0.5, 0.6) is 0 Å². The van der Waals surface area contributed by atoms with Crippen LogP contribution in [0.4, 0.5) is 10.5 Å². The molecule has 2 aliphatic rings. The molecular weight excluding hydrogens is 398 g/mol. The average Bonchev–Trinajstić information content (AvgIpc) is 3.24. The molecule has 1 saturated heterocycles. The maximum absolute atomic E-state index is 12.3. The Kier molecular flexibility index (Phi) is 6.76. The minimum Gasteiger partial charge on any atom is -0.335 e. The average molecular weight is 428 g/mol. The van der Waals surface area contributed by atoms with Crippen LogP contribution < -0.4 is 10.6 Å². The summed E-state index contributed by atoms with van der Waals surface area (Å²) in [7, 11) is 0. The Bertz CT molecular complexity index is 885. The zero-order valence-corrected chi connectivity index (χ0v) is 17.6. The van der Waals surface area contributed by atoms with E-state index < -0.39 is 4.92 Å². The number of nitro benzene ring substituents is 1. The van der Waals surface area contributed by atoms with Crippen LogP contribution in [-0.2, 0) is 6.67 Å². The Hall–Kier alpha value is -3.01. The molecule has 0 atom stereocenters. The van der Waals surface area contributed by atoms with Gasteiger partial charge in [-0.1, -0.05) is 19.3 Å². The molecule has 1 saturated carbocycles. The quantitative estimate of drug-likeness (QED) is 0.541. The molecule has 1 aliphatic heterocycles. The van der Waals surface area contributed by atoms with E-state index in [-0.39, 0.29) is 17.8 Å². The summed E-state index contributed by atoms with van der Waals surface area (Å²) in [4.78, 5) is 29.2. The van der Waals surface area contributed by atoms with Gasteiger partial charge in [0.25, 0.3) is 5.69 Å². The van der Waals surface area contributed by atoms with E-state index in [4.69, 9.17) is 0 Å². The van der Waals surface area contributed by atoms with Gasteiger partial charge in [-0.25, -0.2) is 14.5 Å². The summed E-state index contributed by atoms with van der Waals surface area (Å²) >= 11 is 0. The van der Waals surface area contributed by atoms with E-state index in [0.29, 0.717) is 18.5 Å². The van der Waals surface area contributed by atoms with E-state index in [0.717, 1.165) is 44.3 Å². The maximum atomic E-state index is 12.3. The smallest absolute Gasteiger partial charge is 0.315 e. The van der Waals surface area contributed by atoms with Gasteiger partial charge in [0.1, 0.15) is 6.33 Å². The third-order valence-electron chi connectivity index (χ3n) is 6.08. The lowest BCUT2D eigenvalue weighted by Crippen LogP contribution is -2.50. The summed E-state index contributed by atoms with van der Waals surface area (Å²) in [5, 5.41) is 21.5. The largest absolute Gasteiger partial charge is 0.335 e. The van der Waals surface area contributed by atoms with Gasteiger partial charge in [0, 0.05) is 42.9 Å². The van der Waals surface area contributed by atoms with Crippen molar-refractivity contribution in [2.75, 3.05) is 13.1 Å². The summed E-state index contributed by atoms with van der Waals surface area (Å²) in [5.41, 5.74) is 0.795. The highest BCUT2D eigenvalue weighted by Crippen LogP contribution is 2.20. The van der Waals surface area contributed by atoms with Crippen LogP contribution in [0.15, 0.2) is 30.6 Å². The van der Waals surface area contributed by atoms with Gasteiger partial charge in [0.05, 0.1) is 11.6 Å². The number of hydrogen-bond donors (Lipinski definition) is 2. The number of likely N-dealkylation sites (tertiary alicyclic amines) is 1. The molecule has 166 valence electrons. The van der Waals surface area contributed by atoms with Gasteiger partial charge in [-0.3, -0.25) is 15.0 Å². The first-order chi connectivity index (χ1) is 15.1. The third kappa shape index (κ3) is 5.78. The Morgan fingerprint density at radius 3 is 2.32 bits per heavy atom. The fourth-order valence-electron chi connectivity index (χ4n) is 4.31. The number of non-ortho nitro benzene ring substituents is 1. The predicted molar refractivity (Wildman–Crippen MR) is 115 cm³/mol. The van der Waals surface area contributed by atoms with E-state index in [1.807, 2.05) is 0 Å². The number of nitrogens with zero attached hydrogens (tertiary/aromatic N) is 5. The van der Waals surface area contributed by atoms with Crippen molar-refractivity contribution < 1.29 is 9.72 Å². The number of amides is 2. The van der Waals surface area contributed by atoms with Gasteiger partial charge in [-0.05, 0) is 37.8 Å². The summed E-state index contributed by atoms with van der Waals surface area (Å²) in [5.74, 6) is 0.547. The normalized spacial score (nSPS) is 18.6. The predicted octanol–water partition coefficient (Wildman–Crippen LogP) is 2.91. The van der Waals surface area contributed by atoms with Gasteiger partial charge in [0.2, 0.25) is 0 Å². The molecule has 2 heterocycles. The summed E-state index contributed by atoms with van der Waals surface area (Å²) in [6.45, 7) is 2.38. The van der Waals surface area contributed by atoms with Gasteiger partial charge in [-0.2, -0.15) is 0 Å². The van der Waals surface area contributed by atoms with Crippen LogP contribution >= 0.6 is 0 Å². The summed E-state index contributed by atoms with van der Waals surface area (Å²) in [6.07, 6.45) is 9.36. The van der Waals surface area contributed by atoms with Crippen molar-refractivity contribution in [3.63, 3.8) is 0 Å². The minimum absolute atomic E-state index is 0.0330. The number of rotatable bonds is 6. The standard InChI is InChI=1S/C21H29N7O3/c29-21(23-17-4-2-1-3-5-17)24-18-10-12-26(13-11-18)15-27-14-22-20(25-27)16-6-8-19(9-7-16)28(30)31/h6-9,14,17-18H,1-5,10-13,15H2,(H2,23,24,29). The van der Waals surface area contributed by atoms with Crippen molar-refractivity contribution >= 4 is 11.7 Å². The highest BCUT2D eigenvalue weighted by atomic mass is 16.6. The Morgan fingerprint density at radius 1 is 1.03 bits per heavy atom. The maximum Gasteiger partial charge on any atom is 0.315 e. The Morgan fingerprint density at radius 2 is 1.68 bits per heavy atom. The molecule has 0 bridgehead atoms. The molecule has 2 fully saturated rings. The van der Waals surface area contributed by atoms with Gasteiger partial charge in [-0.15, -0.1) is 5.10 Å². The lowest BCUT2D eigenvalue weighted by Gasteiger charge is -2.32. The number of urea groups is 1. The van der Waals surface area contributed by atoms with Crippen LogP contribution in [-0.4, -0.2) is 55.8 Å². The van der Waals surface area contributed by atoms with Gasteiger partial charge >= 0.3 is 6.03 Å². The van der Waals surface area contributed by atoms with Crippen molar-refractivity contribution in [2.24, 2.45) is 0 Å². The fraction of sp³-hybridized carbons (Fsp3) is 0.571. The molecule has 10 heteroatoms. The second-order valence-electron chi connectivity index (χ2n) is 8.40. The minimum atomic E-state index is -0.423. The fourth-order valence-corrected chi connectivity index (χ4v) is 4.31. The first-order valence-electron chi connectivity index (χ1n) is 11.0. The van der Waals surface area contributed by atoms with E-state index in [2.05, 4.69) is 25.6 Å². The number of carbonyl (C=O) groups is 1. The monoisotopic (exact) mass is 427 g/mol. The van der Waals surface area contributed by atoms with Crippen LogP contribution in [0, 0.1) is 10.1 Å². The molecule has 1 aliphatic carbocycles. The zero-order valence-electron chi connectivity index (χ0n) is 17.6. The molecule has 1 aromatic carbocycles. The van der Waals surface area contributed by atoms with Crippen LogP contribution in [0.25, 0.3) is 11.4 Å². The zero-order chi connectivity index (χ0) is 21.6. The molecule has 4 rings (SSSR count). The molecule has 0 radical (unpaired) electrons. The summed E-state index contributed by atoms with van der Waals surface area (Å²) < 4.78 is 1.78. The summed E-state index contributed by atoms with van der Waals surface area (Å²) in [6, 6.07) is 6.73. The third-order valence-corrected chi connectivity index (χ3v) is 6.08. The molecular formula is C21H29N7O3. The van der Waals surface area contributed by atoms with E-state index >= 15 is 0 Å². The number of piperidine rings is 1. The molecule has 1 aromatic heterocycles. The molecule has 2 aromatic rings. The number of hydrogen-bond acceptors (Lipinski definition) is 6. The molecule has 2 amide bonds. The molecule has 31 heavy (non-hydrogen) atoms. The number of aromatic nitrogens is 3. The SMILES string of the molecule is O=C(NC1CCCCC1)NC1CCN(Cn2cnc(-c3ccc([N+](=O)[O-])cc3)n2)CC1. The van der Waals surface area contributed by atoms with Crippen molar-refractivity contribution in [2.45, 2.75) is 63.7 Å². The lowest BCUT2D eigenvalue weighted by atomic mass is 9.96. The molecule has 10 nitrogen and oxygen atoms in total. The lowest BCUT2D eigenvalue weighted by molar-refractivity contribution is -0.384. The van der Waals surface area contributed by atoms with Crippen molar-refractivity contribution in [3.05, 3.63) is 40.7 Å². The Labute approximate surface area is 181 Å². The van der Waals surface area contributed by atoms with Crippen LogP contribution in [0.2, 0.25) is 0 Å². The first kappa shape index (κ1) is 21.2. The van der Waals surface area contributed by atoms with E-state index in [1.54, 1.807) is 23.1 Å².